The summed E-state index contributed by atoms with van der Waals surface area (Å²) in [7, 11) is 0. The highest BCUT2D eigenvalue weighted by atomic mass is 16.6. The summed E-state index contributed by atoms with van der Waals surface area (Å²) in [5.74, 6) is -1.36. The van der Waals surface area contributed by atoms with Gasteiger partial charge in [0.15, 0.2) is 0 Å². The first-order valence-electron chi connectivity index (χ1n) is 10.1. The molecule has 29 heavy (non-hydrogen) atoms. The molecule has 1 aromatic rings. The zero-order valence-electron chi connectivity index (χ0n) is 17.5. The SMILES string of the molecule is CCCCC(CC)C(=O)OCC(CC)(CO)CO.O=C1OC(=O)c2ccccc21. The van der Waals surface area contributed by atoms with Gasteiger partial charge in [-0.15, -0.1) is 0 Å². The van der Waals surface area contributed by atoms with Gasteiger partial charge < -0.3 is 19.7 Å². The van der Waals surface area contributed by atoms with Crippen molar-refractivity contribution in [3.63, 3.8) is 0 Å². The molecule has 1 aliphatic rings. The molecular weight excluding hydrogens is 376 g/mol. The van der Waals surface area contributed by atoms with E-state index in [0.29, 0.717) is 17.5 Å². The van der Waals surface area contributed by atoms with Crippen molar-refractivity contribution >= 4 is 17.9 Å². The van der Waals surface area contributed by atoms with E-state index in [0.717, 1.165) is 25.7 Å². The Kier molecular flexibility index (Phi) is 10.5. The molecule has 0 amide bonds. The Bertz CT molecular complexity index is 638. The highest BCUT2D eigenvalue weighted by Crippen LogP contribution is 2.23. The average molecular weight is 408 g/mol. The lowest BCUT2D eigenvalue weighted by molar-refractivity contribution is -0.155. The van der Waals surface area contributed by atoms with Gasteiger partial charge in [0.05, 0.1) is 35.7 Å². The van der Waals surface area contributed by atoms with Crippen LogP contribution in [0.5, 0.6) is 0 Å². The molecule has 0 aromatic heterocycles. The minimum atomic E-state index is -0.696. The Balaban J connectivity index is 0.000000321. The van der Waals surface area contributed by atoms with E-state index in [2.05, 4.69) is 11.7 Å². The fraction of sp³-hybridized carbons (Fsp3) is 0.591. The van der Waals surface area contributed by atoms with Gasteiger partial charge in [0.1, 0.15) is 6.61 Å². The van der Waals surface area contributed by atoms with Crippen molar-refractivity contribution in [3.05, 3.63) is 35.4 Å². The maximum atomic E-state index is 11.9. The zero-order chi connectivity index (χ0) is 21.9. The van der Waals surface area contributed by atoms with E-state index in [4.69, 9.17) is 4.74 Å². The number of unbranched alkanes of at least 4 members (excludes halogenated alkanes) is 1. The number of cyclic esters (lactones) is 2. The first kappa shape index (κ1) is 24.8. The summed E-state index contributed by atoms with van der Waals surface area (Å²) >= 11 is 0. The summed E-state index contributed by atoms with van der Waals surface area (Å²) < 4.78 is 9.63. The maximum Gasteiger partial charge on any atom is 0.346 e. The van der Waals surface area contributed by atoms with Crippen molar-refractivity contribution in [3.8, 4) is 0 Å². The molecule has 2 rings (SSSR count). The van der Waals surface area contributed by atoms with E-state index in [9.17, 15) is 24.6 Å². The third kappa shape index (κ3) is 6.94. The van der Waals surface area contributed by atoms with E-state index < -0.39 is 17.4 Å². The molecule has 162 valence electrons. The lowest BCUT2D eigenvalue weighted by atomic mass is 9.88. The number of carbonyl (C=O) groups excluding carboxylic acids is 3. The number of fused-ring (bicyclic) bond motifs is 1. The molecule has 2 N–H and O–H groups in total. The van der Waals surface area contributed by atoms with Crippen LogP contribution in [0, 0.1) is 11.3 Å². The van der Waals surface area contributed by atoms with Gasteiger partial charge in [-0.1, -0.05) is 45.7 Å². The second-order valence-corrected chi connectivity index (χ2v) is 7.25. The van der Waals surface area contributed by atoms with E-state index in [1.807, 2.05) is 13.8 Å². The Morgan fingerprint density at radius 2 is 1.62 bits per heavy atom. The first-order chi connectivity index (χ1) is 13.9. The number of hydrogen-bond donors (Lipinski definition) is 2. The van der Waals surface area contributed by atoms with Crippen LogP contribution >= 0.6 is 0 Å². The van der Waals surface area contributed by atoms with Gasteiger partial charge in [0.2, 0.25) is 0 Å². The monoisotopic (exact) mass is 408 g/mol. The van der Waals surface area contributed by atoms with Crippen LogP contribution in [-0.2, 0) is 14.3 Å². The summed E-state index contributed by atoms with van der Waals surface area (Å²) in [6.45, 7) is 5.70. The number of aliphatic hydroxyl groups is 2. The summed E-state index contributed by atoms with van der Waals surface area (Å²) in [5, 5.41) is 18.6. The molecule has 0 bridgehead atoms. The predicted octanol–water partition coefficient (Wildman–Crippen LogP) is 3.12. The van der Waals surface area contributed by atoms with Gasteiger partial charge in [-0.25, -0.2) is 9.59 Å². The van der Waals surface area contributed by atoms with Gasteiger partial charge in [0, 0.05) is 0 Å². The molecular formula is C22H32O7. The van der Waals surface area contributed by atoms with Crippen LogP contribution in [0.3, 0.4) is 0 Å². The molecule has 1 heterocycles. The molecule has 1 atom stereocenters. The molecule has 1 unspecified atom stereocenters. The quantitative estimate of drug-likeness (QED) is 0.452. The normalized spacial score (nSPS) is 13.8. The second-order valence-electron chi connectivity index (χ2n) is 7.25. The Hall–Kier alpha value is -2.25. The molecule has 0 aliphatic carbocycles. The van der Waals surface area contributed by atoms with Crippen LogP contribution in [0.2, 0.25) is 0 Å². The summed E-state index contributed by atoms with van der Waals surface area (Å²) in [6.07, 6.45) is 4.29. The van der Waals surface area contributed by atoms with Crippen molar-refractivity contribution in [1.29, 1.82) is 0 Å². The van der Waals surface area contributed by atoms with Crippen LogP contribution in [0.1, 0.15) is 73.6 Å². The molecule has 0 radical (unpaired) electrons. The van der Waals surface area contributed by atoms with Crippen LogP contribution < -0.4 is 0 Å². The topological polar surface area (TPSA) is 110 Å². The number of esters is 3. The van der Waals surface area contributed by atoms with Crippen molar-refractivity contribution in [2.75, 3.05) is 19.8 Å². The fourth-order valence-electron chi connectivity index (χ4n) is 2.78. The van der Waals surface area contributed by atoms with Crippen LogP contribution in [0.25, 0.3) is 0 Å². The average Bonchev–Trinajstić information content (AvgIpc) is 3.04. The second kappa shape index (κ2) is 12.3. The van der Waals surface area contributed by atoms with Crippen molar-refractivity contribution in [2.45, 2.75) is 52.9 Å². The Labute approximate surface area is 172 Å². The highest BCUT2D eigenvalue weighted by molar-refractivity contribution is 6.14. The number of benzene rings is 1. The van der Waals surface area contributed by atoms with Gasteiger partial charge in [0.25, 0.3) is 0 Å². The first-order valence-corrected chi connectivity index (χ1v) is 10.1. The standard InChI is InChI=1S/C14H28O4.C8H4O3/c1-4-7-8-12(5-2)13(17)18-11-14(6-3,9-15)10-16;9-7-5-3-1-2-4-6(5)8(10)11-7/h12,15-16H,4-11H2,1-3H3;1-4H. The lowest BCUT2D eigenvalue weighted by Crippen LogP contribution is -2.36. The van der Waals surface area contributed by atoms with Crippen LogP contribution in [0.15, 0.2) is 24.3 Å². The Morgan fingerprint density at radius 3 is 2.03 bits per heavy atom. The number of hydrogen-bond acceptors (Lipinski definition) is 7. The predicted molar refractivity (Wildman–Crippen MR) is 107 cm³/mol. The number of aliphatic hydroxyl groups excluding tert-OH is 2. The van der Waals surface area contributed by atoms with E-state index in [1.165, 1.54) is 0 Å². The van der Waals surface area contributed by atoms with Gasteiger partial charge in [-0.3, -0.25) is 4.79 Å². The van der Waals surface area contributed by atoms with Crippen LogP contribution in [0.4, 0.5) is 0 Å². The minimum Gasteiger partial charge on any atom is -0.465 e. The third-order valence-corrected chi connectivity index (χ3v) is 5.23. The lowest BCUT2D eigenvalue weighted by Gasteiger charge is -2.28. The van der Waals surface area contributed by atoms with Gasteiger partial charge in [-0.2, -0.15) is 0 Å². The molecule has 1 aliphatic heterocycles. The molecule has 1 aromatic carbocycles. The van der Waals surface area contributed by atoms with E-state index >= 15 is 0 Å². The minimum absolute atomic E-state index is 0.0584. The molecule has 7 heteroatoms. The molecule has 0 saturated heterocycles. The molecule has 0 fully saturated rings. The van der Waals surface area contributed by atoms with Gasteiger partial charge in [-0.05, 0) is 31.4 Å². The maximum absolute atomic E-state index is 11.9. The largest absolute Gasteiger partial charge is 0.465 e. The fourth-order valence-corrected chi connectivity index (χ4v) is 2.78. The molecule has 0 spiro atoms. The van der Waals surface area contributed by atoms with Crippen molar-refractivity contribution < 1.29 is 34.1 Å². The summed E-state index contributed by atoms with van der Waals surface area (Å²) in [6, 6.07) is 6.53. The molecule has 7 nitrogen and oxygen atoms in total. The number of ether oxygens (including phenoxy) is 2. The van der Waals surface area contributed by atoms with Crippen molar-refractivity contribution in [1.82, 2.24) is 0 Å². The van der Waals surface area contributed by atoms with E-state index in [1.54, 1.807) is 24.3 Å². The van der Waals surface area contributed by atoms with Crippen LogP contribution in [-0.4, -0.2) is 47.9 Å². The number of carbonyl (C=O) groups is 3. The van der Waals surface area contributed by atoms with Gasteiger partial charge >= 0.3 is 17.9 Å². The molecule has 0 saturated carbocycles. The third-order valence-electron chi connectivity index (χ3n) is 5.23. The van der Waals surface area contributed by atoms with E-state index in [-0.39, 0.29) is 31.7 Å². The summed E-state index contributed by atoms with van der Waals surface area (Å²) in [5.41, 5.74) is 0.0219. The zero-order valence-corrected chi connectivity index (χ0v) is 17.5. The van der Waals surface area contributed by atoms with Crippen molar-refractivity contribution in [2.24, 2.45) is 11.3 Å². The summed E-state index contributed by atoms with van der Waals surface area (Å²) in [4.78, 5) is 33.6. The smallest absolute Gasteiger partial charge is 0.346 e. The number of rotatable bonds is 10. The highest BCUT2D eigenvalue weighted by Gasteiger charge is 2.30. The Morgan fingerprint density at radius 1 is 1.07 bits per heavy atom.